The number of nitrogens with one attached hydrogen (secondary N) is 1. The first-order valence-corrected chi connectivity index (χ1v) is 22.1. The molecule has 3 heterocycles. The van der Waals surface area contributed by atoms with Gasteiger partial charge in [0.1, 0.15) is 18.0 Å². The van der Waals surface area contributed by atoms with Gasteiger partial charge in [-0.1, -0.05) is 99.2 Å². The number of rotatable bonds is 7. The lowest BCUT2D eigenvalue weighted by Crippen LogP contribution is -2.59. The van der Waals surface area contributed by atoms with Gasteiger partial charge in [0, 0.05) is 53.4 Å². The van der Waals surface area contributed by atoms with Crippen molar-refractivity contribution < 1.29 is 34.4 Å². The summed E-state index contributed by atoms with van der Waals surface area (Å²) in [5.41, 5.74) is 9.91. The van der Waals surface area contributed by atoms with E-state index in [1.54, 1.807) is 29.0 Å². The van der Waals surface area contributed by atoms with Gasteiger partial charge in [0.15, 0.2) is 5.78 Å². The average molecular weight is 789 g/mol. The maximum atomic E-state index is 14.2. The van der Waals surface area contributed by atoms with E-state index in [-0.39, 0.29) is 43.4 Å². The number of amides is 1. The summed E-state index contributed by atoms with van der Waals surface area (Å²) in [4.78, 5) is 26.4. The summed E-state index contributed by atoms with van der Waals surface area (Å²) in [5.74, 6) is 8.04. The monoisotopic (exact) mass is 788 g/mol. The molecule has 1 aromatic carbocycles. The number of carbonyl (C=O) groups excluding carboxylic acids is 2. The van der Waals surface area contributed by atoms with Gasteiger partial charge in [0.25, 0.3) is 0 Å². The standard InChI is InChI=1S/C44H56N2O7S2/c1-28-9-4-11-30-12-6-15-33(27-55-54-24-20-30)52-26-32(14-5-10-28)35-19-22-44(40(35)49)37(17-8-23-47)34(18-21-43(44,3)51)29(2)38(48)25-31-13-7-16-36-39(31)53-42(50)46-41(36)45/h5,7,10-11,13-14,16,33,35,37,40-41,47,49,51H,1,4,8-9,12,17-27,45H2,2-3H3,(H,46,50). The first kappa shape index (κ1) is 41.6. The van der Waals surface area contributed by atoms with Crippen LogP contribution in [0.25, 0.3) is 0 Å². The molecule has 6 rings (SSSR count). The molecule has 0 saturated heterocycles. The fourth-order valence-electron chi connectivity index (χ4n) is 9.33. The minimum absolute atomic E-state index is 0.000123. The van der Waals surface area contributed by atoms with Gasteiger partial charge in [0.05, 0.1) is 18.3 Å². The molecule has 2 saturated carbocycles. The number of fused-ring (bicyclic) bond motifs is 4. The minimum atomic E-state index is -1.24. The summed E-state index contributed by atoms with van der Waals surface area (Å²) in [6.45, 7) is 8.19. The first-order chi connectivity index (χ1) is 26.4. The van der Waals surface area contributed by atoms with Crippen LogP contribution in [0.15, 0.2) is 76.9 Å². The van der Waals surface area contributed by atoms with E-state index in [0.29, 0.717) is 61.0 Å². The summed E-state index contributed by atoms with van der Waals surface area (Å²) < 4.78 is 12.0. The Labute approximate surface area is 333 Å². The Morgan fingerprint density at radius 2 is 2.04 bits per heavy atom. The zero-order valence-corrected chi connectivity index (χ0v) is 33.7. The predicted octanol–water partition coefficient (Wildman–Crippen LogP) is 7.19. The van der Waals surface area contributed by atoms with Crippen molar-refractivity contribution >= 4 is 33.5 Å². The average Bonchev–Trinajstić information content (AvgIpc) is 3.49. The lowest BCUT2D eigenvalue weighted by atomic mass is 9.52. The van der Waals surface area contributed by atoms with Crippen molar-refractivity contribution in [1.29, 1.82) is 0 Å². The molecule has 3 aliphatic heterocycles. The highest BCUT2D eigenvalue weighted by Crippen LogP contribution is 2.63. The first-order valence-electron chi connectivity index (χ1n) is 19.6. The number of benzene rings is 1. The number of hydrogen-bond acceptors (Lipinski definition) is 10. The highest BCUT2D eigenvalue weighted by Gasteiger charge is 2.64. The van der Waals surface area contributed by atoms with E-state index in [0.717, 1.165) is 53.9 Å². The number of para-hydroxylation sites is 1. The lowest BCUT2D eigenvalue weighted by molar-refractivity contribution is -0.168. The fraction of sp³-hybridized carbons (Fsp3) is 0.545. The molecule has 1 spiro atoms. The van der Waals surface area contributed by atoms with Crippen molar-refractivity contribution in [3.8, 4) is 17.6 Å². The molecular formula is C44H56N2O7S2. The summed E-state index contributed by atoms with van der Waals surface area (Å²) in [6.07, 6.45) is 12.3. The number of hydrogen-bond donors (Lipinski definition) is 5. The van der Waals surface area contributed by atoms with Gasteiger partial charge in [-0.05, 0) is 88.7 Å². The molecule has 55 heavy (non-hydrogen) atoms. The fourth-order valence-corrected chi connectivity index (χ4v) is 11.5. The van der Waals surface area contributed by atoms with Gasteiger partial charge in [-0.15, -0.1) is 0 Å². The third-order valence-corrected chi connectivity index (χ3v) is 14.8. The largest absolute Gasteiger partial charge is 0.414 e. The summed E-state index contributed by atoms with van der Waals surface area (Å²) in [7, 11) is 3.63. The van der Waals surface area contributed by atoms with E-state index in [2.05, 4.69) is 29.8 Å². The summed E-state index contributed by atoms with van der Waals surface area (Å²) in [6, 6.07) is 5.33. The zero-order valence-electron chi connectivity index (χ0n) is 32.1. The molecule has 2 aliphatic carbocycles. The number of aliphatic hydroxyl groups excluding tert-OH is 2. The van der Waals surface area contributed by atoms with Crippen LogP contribution < -0.4 is 15.8 Å². The van der Waals surface area contributed by atoms with Gasteiger partial charge < -0.3 is 35.8 Å². The second-order valence-electron chi connectivity index (χ2n) is 15.7. The molecule has 11 heteroatoms. The lowest BCUT2D eigenvalue weighted by Gasteiger charge is -2.55. The van der Waals surface area contributed by atoms with Crippen LogP contribution in [-0.4, -0.2) is 69.7 Å². The van der Waals surface area contributed by atoms with Crippen LogP contribution in [0.1, 0.15) is 95.3 Å². The quantitative estimate of drug-likeness (QED) is 0.0832. The minimum Gasteiger partial charge on any atom is -0.410 e. The second kappa shape index (κ2) is 18.5. The van der Waals surface area contributed by atoms with Crippen LogP contribution >= 0.6 is 21.6 Å². The Morgan fingerprint density at radius 1 is 1.20 bits per heavy atom. The molecule has 6 N–H and O–H groups in total. The van der Waals surface area contributed by atoms with Crippen molar-refractivity contribution in [2.45, 2.75) is 108 Å². The van der Waals surface area contributed by atoms with Crippen LogP contribution in [0.3, 0.4) is 0 Å². The zero-order chi connectivity index (χ0) is 39.2. The number of ether oxygens (including phenoxy) is 2. The molecule has 7 atom stereocenters. The Hall–Kier alpha value is -3.08. The number of aliphatic hydroxyl groups is 3. The van der Waals surface area contributed by atoms with Crippen LogP contribution in [-0.2, 0) is 16.0 Å². The number of nitrogens with two attached hydrogens (primary N) is 1. The van der Waals surface area contributed by atoms with Crippen molar-refractivity contribution in [1.82, 2.24) is 5.32 Å². The Bertz CT molecular complexity index is 1820. The maximum Gasteiger partial charge on any atom is 0.414 e. The van der Waals surface area contributed by atoms with Gasteiger partial charge >= 0.3 is 6.09 Å². The highest BCUT2D eigenvalue weighted by molar-refractivity contribution is 8.76. The van der Waals surface area contributed by atoms with E-state index in [4.69, 9.17) is 15.2 Å². The van der Waals surface area contributed by atoms with Crippen molar-refractivity contribution in [2.24, 2.45) is 23.0 Å². The van der Waals surface area contributed by atoms with E-state index in [1.807, 2.05) is 42.9 Å². The van der Waals surface area contributed by atoms with E-state index in [1.165, 1.54) is 5.57 Å². The van der Waals surface area contributed by atoms with Crippen LogP contribution in [0.5, 0.6) is 5.75 Å². The molecule has 5 aliphatic rings. The van der Waals surface area contributed by atoms with Gasteiger partial charge in [0.2, 0.25) is 0 Å². The topological polar surface area (TPSA) is 151 Å². The smallest absolute Gasteiger partial charge is 0.410 e. The van der Waals surface area contributed by atoms with E-state index < -0.39 is 29.4 Å². The Kier molecular flexibility index (Phi) is 13.9. The van der Waals surface area contributed by atoms with Crippen LogP contribution in [0, 0.1) is 29.1 Å². The molecule has 9 nitrogen and oxygen atoms in total. The summed E-state index contributed by atoms with van der Waals surface area (Å²) >= 11 is 0. The normalized spacial score (nSPS) is 32.6. The van der Waals surface area contributed by atoms with Crippen LogP contribution in [0.4, 0.5) is 4.79 Å². The number of Topliss-reactive ketones (excluding diaryl/α,β-unsaturated/α-hetero) is 1. The second-order valence-corrected chi connectivity index (χ2v) is 18.4. The SMILES string of the molecule is C=C1C=CC=C(C2CCC3(C(CCCO)C(=C(C)C(=O)Cc4cccc5c4OC(=O)NC5N)CCC3(C)O)C2O)COC2C#CCC(=CCC1)CCSSC2. The predicted molar refractivity (Wildman–Crippen MR) is 220 cm³/mol. The third kappa shape index (κ3) is 9.23. The van der Waals surface area contributed by atoms with Crippen molar-refractivity contribution in [3.63, 3.8) is 0 Å². The maximum absolute atomic E-state index is 14.2. The molecule has 0 radical (unpaired) electrons. The Morgan fingerprint density at radius 3 is 2.85 bits per heavy atom. The van der Waals surface area contributed by atoms with E-state index in [9.17, 15) is 24.9 Å². The van der Waals surface area contributed by atoms with Crippen molar-refractivity contribution in [3.05, 3.63) is 88.1 Å². The van der Waals surface area contributed by atoms with Gasteiger partial charge in [-0.2, -0.15) is 0 Å². The molecule has 2 bridgehead atoms. The number of ketones is 1. The van der Waals surface area contributed by atoms with Crippen LogP contribution in [0.2, 0.25) is 0 Å². The molecule has 1 aromatic rings. The number of carbonyl (C=O) groups is 2. The van der Waals surface area contributed by atoms with Crippen molar-refractivity contribution in [2.75, 3.05) is 24.7 Å². The molecular weight excluding hydrogens is 733 g/mol. The molecule has 1 amide bonds. The molecule has 2 fully saturated rings. The molecule has 296 valence electrons. The van der Waals surface area contributed by atoms with Gasteiger partial charge in [-0.25, -0.2) is 4.79 Å². The van der Waals surface area contributed by atoms with E-state index >= 15 is 0 Å². The third-order valence-electron chi connectivity index (χ3n) is 12.4. The number of allylic oxidation sites excluding steroid dienone is 8. The van der Waals surface area contributed by atoms with Gasteiger partial charge in [-0.3, -0.25) is 4.79 Å². The summed E-state index contributed by atoms with van der Waals surface area (Å²) in [5, 5.41) is 37.7. The molecule has 7 unspecified atom stereocenters. The highest BCUT2D eigenvalue weighted by atomic mass is 33.1. The Balaban J connectivity index is 1.32. The molecule has 0 aromatic heterocycles.